The maximum Gasteiger partial charge on any atom is 0.287 e. The fraction of sp³-hybridized carbons (Fsp3) is 0.118. The van der Waals surface area contributed by atoms with E-state index in [-0.39, 0.29) is 5.91 Å². The molecular formula is C17H13ClN4O. The molecule has 3 aromatic rings. The van der Waals surface area contributed by atoms with Gasteiger partial charge in [0.1, 0.15) is 0 Å². The summed E-state index contributed by atoms with van der Waals surface area (Å²) in [6.07, 6.45) is 3.74. The summed E-state index contributed by atoms with van der Waals surface area (Å²) in [5, 5.41) is 3.35. The number of benzene rings is 1. The van der Waals surface area contributed by atoms with Gasteiger partial charge in [-0.2, -0.15) is 0 Å². The Bertz CT molecular complexity index is 874. The summed E-state index contributed by atoms with van der Waals surface area (Å²) in [7, 11) is 0. The number of halogens is 1. The molecule has 1 aromatic carbocycles. The van der Waals surface area contributed by atoms with Crippen molar-refractivity contribution in [3.63, 3.8) is 0 Å². The van der Waals surface area contributed by atoms with Crippen molar-refractivity contribution in [1.82, 2.24) is 20.3 Å². The number of fused-ring (bicyclic) bond motifs is 1. The Morgan fingerprint density at radius 2 is 2.17 bits per heavy atom. The first kappa shape index (κ1) is 15.1. The minimum Gasteiger partial charge on any atom is -0.348 e. The second kappa shape index (κ2) is 6.95. The van der Waals surface area contributed by atoms with Crippen LogP contribution in [0.15, 0.2) is 42.7 Å². The van der Waals surface area contributed by atoms with Crippen molar-refractivity contribution in [2.75, 3.05) is 6.54 Å². The van der Waals surface area contributed by atoms with Crippen molar-refractivity contribution in [2.24, 2.45) is 0 Å². The molecule has 1 amide bonds. The van der Waals surface area contributed by atoms with Gasteiger partial charge < -0.3 is 10.3 Å². The van der Waals surface area contributed by atoms with E-state index in [1.165, 1.54) is 0 Å². The van der Waals surface area contributed by atoms with Crippen LogP contribution in [0, 0.1) is 11.8 Å². The molecule has 0 unspecified atom stereocenters. The fourth-order valence-electron chi connectivity index (χ4n) is 2.01. The summed E-state index contributed by atoms with van der Waals surface area (Å²) < 4.78 is 0. The molecule has 0 aliphatic carbocycles. The van der Waals surface area contributed by atoms with Gasteiger partial charge in [0.05, 0.1) is 21.6 Å². The average Bonchev–Trinajstić information content (AvgIpc) is 3.00. The first-order valence-corrected chi connectivity index (χ1v) is 7.43. The van der Waals surface area contributed by atoms with Gasteiger partial charge in [-0.15, -0.1) is 0 Å². The number of hydrogen-bond acceptors (Lipinski definition) is 3. The number of para-hydroxylation sites is 2. The van der Waals surface area contributed by atoms with E-state index < -0.39 is 0 Å². The van der Waals surface area contributed by atoms with E-state index in [2.05, 4.69) is 32.1 Å². The Labute approximate surface area is 138 Å². The number of aromatic amines is 1. The first-order valence-electron chi connectivity index (χ1n) is 7.05. The SMILES string of the molecule is O=C(NCCC#Cc1cnccc1Cl)c1nc2ccccc2[nH]1. The van der Waals surface area contributed by atoms with Crippen LogP contribution in [0.25, 0.3) is 11.0 Å². The van der Waals surface area contributed by atoms with Crippen molar-refractivity contribution in [3.05, 3.63) is 59.1 Å². The zero-order valence-electron chi connectivity index (χ0n) is 12.1. The van der Waals surface area contributed by atoms with Crippen LogP contribution in [0.5, 0.6) is 0 Å². The molecule has 2 aromatic heterocycles. The van der Waals surface area contributed by atoms with Gasteiger partial charge in [-0.05, 0) is 18.2 Å². The minimum absolute atomic E-state index is 0.248. The second-order valence-electron chi connectivity index (χ2n) is 4.77. The van der Waals surface area contributed by atoms with Gasteiger partial charge >= 0.3 is 0 Å². The second-order valence-corrected chi connectivity index (χ2v) is 5.17. The van der Waals surface area contributed by atoms with Gasteiger partial charge in [0.2, 0.25) is 0 Å². The van der Waals surface area contributed by atoms with Crippen molar-refractivity contribution < 1.29 is 4.79 Å². The molecule has 2 N–H and O–H groups in total. The lowest BCUT2D eigenvalue weighted by Gasteiger charge is -1.98. The smallest absolute Gasteiger partial charge is 0.287 e. The fourth-order valence-corrected chi connectivity index (χ4v) is 2.16. The lowest BCUT2D eigenvalue weighted by molar-refractivity contribution is 0.0945. The zero-order valence-corrected chi connectivity index (χ0v) is 12.9. The summed E-state index contributed by atoms with van der Waals surface area (Å²) in [5.41, 5.74) is 2.28. The van der Waals surface area contributed by atoms with E-state index in [0.717, 1.165) is 11.0 Å². The third-order valence-corrected chi connectivity index (χ3v) is 3.46. The predicted molar refractivity (Wildman–Crippen MR) is 89.2 cm³/mol. The van der Waals surface area contributed by atoms with Crippen LogP contribution in [0.3, 0.4) is 0 Å². The van der Waals surface area contributed by atoms with Crippen LogP contribution in [0.2, 0.25) is 5.02 Å². The van der Waals surface area contributed by atoms with E-state index in [1.54, 1.807) is 18.5 Å². The number of amides is 1. The Kier molecular flexibility index (Phi) is 4.55. The Balaban J connectivity index is 1.55. The number of rotatable bonds is 3. The molecule has 0 atom stereocenters. The number of carbonyl (C=O) groups excluding carboxylic acids is 1. The summed E-state index contributed by atoms with van der Waals surface area (Å²) in [4.78, 5) is 23.2. The van der Waals surface area contributed by atoms with Crippen LogP contribution < -0.4 is 5.32 Å². The highest BCUT2D eigenvalue weighted by molar-refractivity contribution is 6.31. The number of pyridine rings is 1. The van der Waals surface area contributed by atoms with E-state index >= 15 is 0 Å². The van der Waals surface area contributed by atoms with Crippen molar-refractivity contribution in [1.29, 1.82) is 0 Å². The molecule has 114 valence electrons. The number of H-pyrrole nitrogens is 1. The monoisotopic (exact) mass is 324 g/mol. The standard InChI is InChI=1S/C17H13ClN4O/c18-13-8-10-19-11-12(13)5-3-4-9-20-17(23)16-21-14-6-1-2-7-15(14)22-16/h1-2,6-8,10-11H,4,9H2,(H,20,23)(H,21,22). The van der Waals surface area contributed by atoms with Crippen LogP contribution >= 0.6 is 11.6 Å². The van der Waals surface area contributed by atoms with Gasteiger partial charge in [0.25, 0.3) is 5.91 Å². The maximum atomic E-state index is 12.0. The summed E-state index contributed by atoms with van der Waals surface area (Å²) in [6.45, 7) is 0.431. The molecule has 0 saturated carbocycles. The van der Waals surface area contributed by atoms with Gasteiger partial charge in [-0.1, -0.05) is 35.6 Å². The molecule has 23 heavy (non-hydrogen) atoms. The third-order valence-electron chi connectivity index (χ3n) is 3.13. The highest BCUT2D eigenvalue weighted by Gasteiger charge is 2.09. The predicted octanol–water partition coefficient (Wildman–Crippen LogP) is 2.78. The molecule has 2 heterocycles. The number of imidazole rings is 1. The number of aromatic nitrogens is 3. The quantitative estimate of drug-likeness (QED) is 0.575. The normalized spacial score (nSPS) is 10.1. The molecule has 0 spiro atoms. The van der Waals surface area contributed by atoms with Crippen LogP contribution in [0.4, 0.5) is 0 Å². The van der Waals surface area contributed by atoms with E-state index in [4.69, 9.17) is 11.6 Å². The molecule has 0 aliphatic heterocycles. The molecule has 6 heteroatoms. The number of nitrogens with one attached hydrogen (secondary N) is 2. The van der Waals surface area contributed by atoms with Crippen molar-refractivity contribution >= 4 is 28.5 Å². The summed E-state index contributed by atoms with van der Waals surface area (Å²) in [5.74, 6) is 5.94. The highest BCUT2D eigenvalue weighted by atomic mass is 35.5. The highest BCUT2D eigenvalue weighted by Crippen LogP contribution is 2.11. The third kappa shape index (κ3) is 3.68. The van der Waals surface area contributed by atoms with Crippen molar-refractivity contribution in [2.45, 2.75) is 6.42 Å². The molecule has 0 aliphatic rings. The number of hydrogen-bond donors (Lipinski definition) is 2. The molecule has 3 rings (SSSR count). The molecule has 0 fully saturated rings. The molecule has 0 radical (unpaired) electrons. The van der Waals surface area contributed by atoms with Crippen LogP contribution in [0.1, 0.15) is 22.6 Å². The Hall–Kier alpha value is -2.84. The maximum absolute atomic E-state index is 12.0. The Morgan fingerprint density at radius 3 is 3.00 bits per heavy atom. The Morgan fingerprint density at radius 1 is 1.30 bits per heavy atom. The van der Waals surface area contributed by atoms with E-state index in [1.807, 2.05) is 24.3 Å². The first-order chi connectivity index (χ1) is 11.2. The lowest BCUT2D eigenvalue weighted by Crippen LogP contribution is -2.25. The van der Waals surface area contributed by atoms with E-state index in [0.29, 0.717) is 29.4 Å². The largest absolute Gasteiger partial charge is 0.348 e. The number of carbonyl (C=O) groups is 1. The van der Waals surface area contributed by atoms with Crippen LogP contribution in [-0.2, 0) is 0 Å². The van der Waals surface area contributed by atoms with Gasteiger partial charge in [0.15, 0.2) is 5.82 Å². The number of nitrogens with zero attached hydrogens (tertiary/aromatic N) is 2. The van der Waals surface area contributed by atoms with Gasteiger partial charge in [-0.25, -0.2) is 4.98 Å². The van der Waals surface area contributed by atoms with Gasteiger partial charge in [-0.3, -0.25) is 9.78 Å². The molecule has 0 bridgehead atoms. The molecular weight excluding hydrogens is 312 g/mol. The van der Waals surface area contributed by atoms with Crippen molar-refractivity contribution in [3.8, 4) is 11.8 Å². The lowest BCUT2D eigenvalue weighted by atomic mass is 10.3. The summed E-state index contributed by atoms with van der Waals surface area (Å²) >= 11 is 5.98. The average molecular weight is 325 g/mol. The van der Waals surface area contributed by atoms with Crippen LogP contribution in [-0.4, -0.2) is 27.4 Å². The van der Waals surface area contributed by atoms with E-state index in [9.17, 15) is 4.79 Å². The topological polar surface area (TPSA) is 70.7 Å². The summed E-state index contributed by atoms with van der Waals surface area (Å²) in [6, 6.07) is 9.19. The molecule has 0 saturated heterocycles. The molecule has 5 nitrogen and oxygen atoms in total. The minimum atomic E-state index is -0.248. The van der Waals surface area contributed by atoms with Gasteiger partial charge in [0, 0.05) is 25.4 Å². The zero-order chi connectivity index (χ0) is 16.1.